The second-order valence-electron chi connectivity index (χ2n) is 7.56. The van der Waals surface area contributed by atoms with E-state index >= 15 is 0 Å². The van der Waals surface area contributed by atoms with Gasteiger partial charge in [0.2, 0.25) is 10.0 Å². The number of methoxy groups -OCH3 is 1. The number of halogens is 4. The van der Waals surface area contributed by atoms with Gasteiger partial charge in [0.1, 0.15) is 11.8 Å². The highest BCUT2D eigenvalue weighted by Gasteiger charge is 2.47. The highest BCUT2D eigenvalue weighted by Crippen LogP contribution is 2.40. The van der Waals surface area contributed by atoms with Crippen LogP contribution in [0.1, 0.15) is 30.0 Å². The van der Waals surface area contributed by atoms with Gasteiger partial charge in [-0.25, -0.2) is 8.42 Å². The molecule has 31 heavy (non-hydrogen) atoms. The van der Waals surface area contributed by atoms with E-state index in [4.69, 9.17) is 4.74 Å². The zero-order valence-electron chi connectivity index (χ0n) is 16.5. The predicted octanol–water partition coefficient (Wildman–Crippen LogP) is 5.15. The molecule has 0 saturated heterocycles. The van der Waals surface area contributed by atoms with E-state index in [-0.39, 0.29) is 5.56 Å². The summed E-state index contributed by atoms with van der Waals surface area (Å²) in [4.78, 5) is 0. The molecule has 1 aliphatic carbocycles. The summed E-state index contributed by atoms with van der Waals surface area (Å²) in [6.07, 6.45) is -2.64. The minimum Gasteiger partial charge on any atom is -0.497 e. The summed E-state index contributed by atoms with van der Waals surface area (Å²) in [7, 11) is -2.50. The standard InChI is InChI=1S/C21H20BrF3N2O3S/c1-30-15-5-2-13(3-6-15)11-27-12-18(17-9-4-14(22)10-19(17)27)20(21(23,24)25)26-31(28,29)16-7-8-16/h2-6,9-10,12,16,20,26H,7-8,11H2,1H3. The Bertz CT molecular complexity index is 1200. The van der Waals surface area contributed by atoms with Crippen molar-refractivity contribution in [2.24, 2.45) is 0 Å². The number of nitrogens with one attached hydrogen (secondary N) is 1. The highest BCUT2D eigenvalue weighted by atomic mass is 79.9. The molecule has 0 bridgehead atoms. The average molecular weight is 517 g/mol. The van der Waals surface area contributed by atoms with Crippen LogP contribution in [-0.2, 0) is 16.6 Å². The van der Waals surface area contributed by atoms with Gasteiger partial charge in [-0.3, -0.25) is 0 Å². The van der Waals surface area contributed by atoms with E-state index in [9.17, 15) is 21.6 Å². The van der Waals surface area contributed by atoms with Crippen molar-refractivity contribution < 1.29 is 26.3 Å². The monoisotopic (exact) mass is 516 g/mol. The maximum Gasteiger partial charge on any atom is 0.408 e. The van der Waals surface area contributed by atoms with E-state index in [0.717, 1.165) is 5.56 Å². The van der Waals surface area contributed by atoms with E-state index in [0.29, 0.717) is 40.5 Å². The molecule has 0 radical (unpaired) electrons. The van der Waals surface area contributed by atoms with E-state index in [2.05, 4.69) is 15.9 Å². The van der Waals surface area contributed by atoms with Crippen LogP contribution >= 0.6 is 15.9 Å². The molecule has 5 nitrogen and oxygen atoms in total. The quantitative estimate of drug-likeness (QED) is 0.472. The number of aromatic nitrogens is 1. The number of rotatable bonds is 7. The number of hydrogen-bond donors (Lipinski definition) is 1. The second-order valence-corrected chi connectivity index (χ2v) is 10.5. The molecule has 1 N–H and O–H groups in total. The van der Waals surface area contributed by atoms with Gasteiger partial charge in [-0.1, -0.05) is 34.1 Å². The van der Waals surface area contributed by atoms with Crippen LogP contribution in [0.25, 0.3) is 10.9 Å². The third-order valence-corrected chi connectivity index (χ3v) is 7.68. The molecule has 0 amide bonds. The van der Waals surface area contributed by atoms with Crippen LogP contribution in [0.15, 0.2) is 53.1 Å². The van der Waals surface area contributed by atoms with Gasteiger partial charge >= 0.3 is 6.18 Å². The van der Waals surface area contributed by atoms with Gasteiger partial charge in [-0.05, 0) is 42.7 Å². The molecule has 0 spiro atoms. The van der Waals surface area contributed by atoms with Gasteiger partial charge in [0.25, 0.3) is 0 Å². The van der Waals surface area contributed by atoms with Crippen molar-refractivity contribution in [2.75, 3.05) is 7.11 Å². The van der Waals surface area contributed by atoms with Crippen LogP contribution in [-0.4, -0.2) is 31.5 Å². The first kappa shape index (κ1) is 22.2. The van der Waals surface area contributed by atoms with Gasteiger partial charge in [0.05, 0.1) is 12.4 Å². The number of sulfonamides is 1. The molecule has 1 unspecified atom stereocenters. The second kappa shape index (κ2) is 8.14. The molecular weight excluding hydrogens is 497 g/mol. The fourth-order valence-electron chi connectivity index (χ4n) is 3.53. The van der Waals surface area contributed by atoms with Gasteiger partial charge in [-0.2, -0.15) is 17.9 Å². The topological polar surface area (TPSA) is 60.3 Å². The Morgan fingerprint density at radius 3 is 2.45 bits per heavy atom. The number of nitrogens with zero attached hydrogens (tertiary/aromatic N) is 1. The van der Waals surface area contributed by atoms with Gasteiger partial charge in [-0.15, -0.1) is 0 Å². The molecule has 0 aliphatic heterocycles. The van der Waals surface area contributed by atoms with Crippen molar-refractivity contribution >= 4 is 36.9 Å². The smallest absolute Gasteiger partial charge is 0.408 e. The van der Waals surface area contributed by atoms with Gasteiger partial charge in [0, 0.05) is 33.7 Å². The summed E-state index contributed by atoms with van der Waals surface area (Å²) in [6.45, 7) is 0.316. The highest BCUT2D eigenvalue weighted by molar-refractivity contribution is 9.10. The van der Waals surface area contributed by atoms with Gasteiger partial charge < -0.3 is 9.30 Å². The summed E-state index contributed by atoms with van der Waals surface area (Å²) < 4.78 is 76.1. The Hall–Kier alpha value is -2.04. The molecule has 1 aromatic heterocycles. The number of benzene rings is 2. The van der Waals surface area contributed by atoms with Crippen LogP contribution in [0.4, 0.5) is 13.2 Å². The first-order valence-electron chi connectivity index (χ1n) is 9.57. The zero-order chi connectivity index (χ0) is 22.4. The molecule has 1 aliphatic rings. The lowest BCUT2D eigenvalue weighted by Crippen LogP contribution is -2.39. The average Bonchev–Trinajstić information content (AvgIpc) is 3.51. The zero-order valence-corrected chi connectivity index (χ0v) is 18.9. The fourth-order valence-corrected chi connectivity index (χ4v) is 5.41. The minimum atomic E-state index is -4.78. The van der Waals surface area contributed by atoms with Crippen molar-refractivity contribution in [2.45, 2.75) is 36.9 Å². The Kier molecular flexibility index (Phi) is 5.82. The largest absolute Gasteiger partial charge is 0.497 e. The molecular formula is C21H20BrF3N2O3S. The normalized spacial score (nSPS) is 15.9. The lowest BCUT2D eigenvalue weighted by atomic mass is 10.1. The van der Waals surface area contributed by atoms with Crippen LogP contribution in [0.2, 0.25) is 0 Å². The van der Waals surface area contributed by atoms with Crippen molar-refractivity contribution in [1.29, 1.82) is 0 Å². The third kappa shape index (κ3) is 4.75. The number of ether oxygens (including phenoxy) is 1. The minimum absolute atomic E-state index is 0.118. The molecule has 166 valence electrons. The molecule has 10 heteroatoms. The first-order valence-corrected chi connectivity index (χ1v) is 11.9. The molecule has 3 aromatic rings. The maximum absolute atomic E-state index is 14.0. The van der Waals surface area contributed by atoms with E-state index in [1.807, 2.05) is 16.9 Å². The summed E-state index contributed by atoms with van der Waals surface area (Å²) in [5.74, 6) is 0.677. The number of alkyl halides is 3. The number of fused-ring (bicyclic) bond motifs is 1. The Balaban J connectivity index is 1.79. The van der Waals surface area contributed by atoms with Crippen molar-refractivity contribution in [3.63, 3.8) is 0 Å². The summed E-state index contributed by atoms with van der Waals surface area (Å²) in [5.41, 5.74) is 1.32. The third-order valence-electron chi connectivity index (χ3n) is 5.27. The Morgan fingerprint density at radius 2 is 1.87 bits per heavy atom. The van der Waals surface area contributed by atoms with Gasteiger partial charge in [0.15, 0.2) is 0 Å². The first-order chi connectivity index (χ1) is 14.6. The lowest BCUT2D eigenvalue weighted by molar-refractivity contribution is -0.152. The lowest BCUT2D eigenvalue weighted by Gasteiger charge is -2.21. The summed E-state index contributed by atoms with van der Waals surface area (Å²) in [6, 6.07) is 9.85. The molecule has 1 atom stereocenters. The summed E-state index contributed by atoms with van der Waals surface area (Å²) in [5, 5.41) is -0.406. The maximum atomic E-state index is 14.0. The predicted molar refractivity (Wildman–Crippen MR) is 116 cm³/mol. The summed E-state index contributed by atoms with van der Waals surface area (Å²) >= 11 is 3.37. The van der Waals surface area contributed by atoms with Crippen LogP contribution in [0.5, 0.6) is 5.75 Å². The van der Waals surface area contributed by atoms with E-state index in [1.165, 1.54) is 6.20 Å². The van der Waals surface area contributed by atoms with E-state index < -0.39 is 27.5 Å². The van der Waals surface area contributed by atoms with Crippen LogP contribution in [0, 0.1) is 0 Å². The molecule has 1 heterocycles. The van der Waals surface area contributed by atoms with E-state index in [1.54, 1.807) is 42.0 Å². The van der Waals surface area contributed by atoms with Crippen LogP contribution < -0.4 is 9.46 Å². The number of hydrogen-bond acceptors (Lipinski definition) is 3. The Morgan fingerprint density at radius 1 is 1.19 bits per heavy atom. The fraction of sp³-hybridized carbons (Fsp3) is 0.333. The van der Waals surface area contributed by atoms with Crippen molar-refractivity contribution in [3.05, 3.63) is 64.3 Å². The van der Waals surface area contributed by atoms with Crippen molar-refractivity contribution in [3.8, 4) is 5.75 Å². The molecule has 2 aromatic carbocycles. The SMILES string of the molecule is COc1ccc(Cn2cc(C(NS(=O)(=O)C3CC3)C(F)(F)F)c3ccc(Br)cc32)cc1. The molecule has 1 saturated carbocycles. The van der Waals surface area contributed by atoms with Crippen molar-refractivity contribution in [1.82, 2.24) is 9.29 Å². The molecule has 4 rings (SSSR count). The van der Waals surface area contributed by atoms with Crippen LogP contribution in [0.3, 0.4) is 0 Å². The molecule has 1 fully saturated rings. The Labute approximate surface area is 186 Å².